The molecule has 0 bridgehead atoms. The Hall–Kier alpha value is -1.36. The molecule has 0 saturated heterocycles. The topological polar surface area (TPSA) is 67.2 Å². The summed E-state index contributed by atoms with van der Waals surface area (Å²) in [5.74, 6) is 0.597. The van der Waals surface area contributed by atoms with Gasteiger partial charge in [0.05, 0.1) is 11.2 Å². The molecule has 1 aromatic heterocycles. The van der Waals surface area contributed by atoms with Crippen molar-refractivity contribution >= 4 is 5.91 Å². The second kappa shape index (κ2) is 6.19. The van der Waals surface area contributed by atoms with Crippen LogP contribution < -0.4 is 10.6 Å². The molecule has 1 aliphatic carbocycles. The third-order valence-corrected chi connectivity index (χ3v) is 3.66. The van der Waals surface area contributed by atoms with Crippen molar-refractivity contribution in [3.63, 3.8) is 0 Å². The highest BCUT2D eigenvalue weighted by molar-refractivity contribution is 5.86. The van der Waals surface area contributed by atoms with Crippen LogP contribution in [0.25, 0.3) is 0 Å². The molecular weight excluding hydrogens is 242 g/mol. The molecule has 0 unspecified atom stereocenters. The number of carbonyl (C=O) groups excluding carboxylic acids is 1. The molecule has 5 heteroatoms. The van der Waals surface area contributed by atoms with Crippen LogP contribution in [0.1, 0.15) is 45.2 Å². The normalized spacial score (nSPS) is 17.8. The summed E-state index contributed by atoms with van der Waals surface area (Å²) in [5.41, 5.74) is 0.413. The van der Waals surface area contributed by atoms with Gasteiger partial charge in [-0.1, -0.05) is 31.8 Å². The molecule has 1 amide bonds. The van der Waals surface area contributed by atoms with Gasteiger partial charge in [-0.2, -0.15) is 0 Å². The van der Waals surface area contributed by atoms with Crippen molar-refractivity contribution in [3.05, 3.63) is 18.0 Å². The standard InChI is InChI=1S/C14H23N3O2/c1-11(2)9-15-13(18)14(6-3-4-7-14)16-10-12-5-8-19-17-12/h5,8,11,16H,3-4,6-7,9-10H2,1-2H3,(H,15,18). The number of amides is 1. The van der Waals surface area contributed by atoms with Crippen molar-refractivity contribution in [2.45, 2.75) is 51.6 Å². The summed E-state index contributed by atoms with van der Waals surface area (Å²) in [5, 5.41) is 10.3. The smallest absolute Gasteiger partial charge is 0.240 e. The largest absolute Gasteiger partial charge is 0.364 e. The van der Waals surface area contributed by atoms with Crippen molar-refractivity contribution in [1.29, 1.82) is 0 Å². The van der Waals surface area contributed by atoms with E-state index in [2.05, 4.69) is 29.6 Å². The molecule has 106 valence electrons. The van der Waals surface area contributed by atoms with Gasteiger partial charge in [0.15, 0.2) is 0 Å². The summed E-state index contributed by atoms with van der Waals surface area (Å²) in [6.45, 7) is 5.51. The second-order valence-corrected chi connectivity index (χ2v) is 5.74. The molecule has 0 spiro atoms. The molecule has 0 aromatic carbocycles. The zero-order chi connectivity index (χ0) is 13.7. The molecule has 1 heterocycles. The van der Waals surface area contributed by atoms with Crippen LogP contribution in [0.2, 0.25) is 0 Å². The van der Waals surface area contributed by atoms with E-state index in [-0.39, 0.29) is 5.91 Å². The van der Waals surface area contributed by atoms with Crippen molar-refractivity contribution in [2.24, 2.45) is 5.92 Å². The van der Waals surface area contributed by atoms with Crippen molar-refractivity contribution in [1.82, 2.24) is 15.8 Å². The Morgan fingerprint density at radius 3 is 2.79 bits per heavy atom. The molecule has 1 fully saturated rings. The summed E-state index contributed by atoms with van der Waals surface area (Å²) in [6, 6.07) is 1.82. The molecule has 0 atom stereocenters. The van der Waals surface area contributed by atoms with Crippen LogP contribution in [0, 0.1) is 5.92 Å². The molecule has 19 heavy (non-hydrogen) atoms. The van der Waals surface area contributed by atoms with E-state index in [4.69, 9.17) is 4.52 Å². The molecule has 0 aliphatic heterocycles. The number of aromatic nitrogens is 1. The summed E-state index contributed by atoms with van der Waals surface area (Å²) in [7, 11) is 0. The number of nitrogens with one attached hydrogen (secondary N) is 2. The Labute approximate surface area is 114 Å². The van der Waals surface area contributed by atoms with E-state index < -0.39 is 5.54 Å². The van der Waals surface area contributed by atoms with E-state index >= 15 is 0 Å². The Balaban J connectivity index is 1.94. The van der Waals surface area contributed by atoms with Gasteiger partial charge in [-0.25, -0.2) is 0 Å². The van der Waals surface area contributed by atoms with Gasteiger partial charge in [0.1, 0.15) is 6.26 Å². The summed E-state index contributed by atoms with van der Waals surface area (Å²) in [4.78, 5) is 12.4. The van der Waals surface area contributed by atoms with Crippen LogP contribution in [-0.2, 0) is 11.3 Å². The fourth-order valence-corrected chi connectivity index (χ4v) is 2.52. The highest BCUT2D eigenvalue weighted by Gasteiger charge is 2.40. The minimum absolute atomic E-state index is 0.127. The molecule has 2 N–H and O–H groups in total. The maximum absolute atomic E-state index is 12.4. The third-order valence-electron chi connectivity index (χ3n) is 3.66. The maximum atomic E-state index is 12.4. The van der Waals surface area contributed by atoms with Crippen LogP contribution in [0.5, 0.6) is 0 Å². The zero-order valence-corrected chi connectivity index (χ0v) is 11.7. The summed E-state index contributed by atoms with van der Waals surface area (Å²) >= 11 is 0. The van der Waals surface area contributed by atoms with Crippen LogP contribution in [-0.4, -0.2) is 23.1 Å². The van der Waals surface area contributed by atoms with Crippen LogP contribution in [0.15, 0.2) is 16.9 Å². The first kappa shape index (κ1) is 14.1. The van der Waals surface area contributed by atoms with Crippen LogP contribution in [0.4, 0.5) is 0 Å². The minimum Gasteiger partial charge on any atom is -0.364 e. The highest BCUT2D eigenvalue weighted by atomic mass is 16.5. The number of carbonyl (C=O) groups is 1. The van der Waals surface area contributed by atoms with E-state index in [1.54, 1.807) is 6.26 Å². The van der Waals surface area contributed by atoms with E-state index in [1.807, 2.05) is 6.07 Å². The van der Waals surface area contributed by atoms with Gasteiger partial charge in [-0.3, -0.25) is 10.1 Å². The monoisotopic (exact) mass is 265 g/mol. The molecule has 1 aromatic rings. The van der Waals surface area contributed by atoms with Gasteiger partial charge >= 0.3 is 0 Å². The van der Waals surface area contributed by atoms with Crippen LogP contribution >= 0.6 is 0 Å². The SMILES string of the molecule is CC(C)CNC(=O)C1(NCc2ccon2)CCCC1. The first-order valence-corrected chi connectivity index (χ1v) is 7.05. The minimum atomic E-state index is -0.423. The zero-order valence-electron chi connectivity index (χ0n) is 11.7. The van der Waals surface area contributed by atoms with E-state index in [0.29, 0.717) is 12.5 Å². The maximum Gasteiger partial charge on any atom is 0.240 e. The average Bonchev–Trinajstić information content (AvgIpc) is 3.05. The Kier molecular flexibility index (Phi) is 4.58. The first-order valence-electron chi connectivity index (χ1n) is 7.05. The third kappa shape index (κ3) is 3.56. The Bertz CT molecular complexity index is 395. The lowest BCUT2D eigenvalue weighted by atomic mass is 9.95. The first-order chi connectivity index (χ1) is 9.12. The summed E-state index contributed by atoms with van der Waals surface area (Å²) < 4.78 is 4.81. The van der Waals surface area contributed by atoms with Gasteiger partial charge in [-0.05, 0) is 18.8 Å². The predicted octanol–water partition coefficient (Wildman–Crippen LogP) is 1.85. The second-order valence-electron chi connectivity index (χ2n) is 5.74. The van der Waals surface area contributed by atoms with Crippen molar-refractivity contribution in [3.8, 4) is 0 Å². The van der Waals surface area contributed by atoms with Gasteiger partial charge in [0.25, 0.3) is 0 Å². The Morgan fingerprint density at radius 2 is 2.21 bits per heavy atom. The van der Waals surface area contributed by atoms with Crippen LogP contribution in [0.3, 0.4) is 0 Å². The highest BCUT2D eigenvalue weighted by Crippen LogP contribution is 2.30. The van der Waals surface area contributed by atoms with Gasteiger partial charge in [0, 0.05) is 19.2 Å². The Morgan fingerprint density at radius 1 is 1.47 bits per heavy atom. The molecule has 1 saturated carbocycles. The average molecular weight is 265 g/mol. The molecule has 1 aliphatic rings. The van der Waals surface area contributed by atoms with E-state index in [9.17, 15) is 4.79 Å². The van der Waals surface area contributed by atoms with Gasteiger partial charge in [0.2, 0.25) is 5.91 Å². The molecular formula is C14H23N3O2. The lowest BCUT2D eigenvalue weighted by Gasteiger charge is -2.29. The molecule has 2 rings (SSSR count). The summed E-state index contributed by atoms with van der Waals surface area (Å²) in [6.07, 6.45) is 5.54. The predicted molar refractivity (Wildman–Crippen MR) is 72.4 cm³/mol. The van der Waals surface area contributed by atoms with Gasteiger partial charge < -0.3 is 9.84 Å². The van der Waals surface area contributed by atoms with Crippen molar-refractivity contribution in [2.75, 3.05) is 6.54 Å². The van der Waals surface area contributed by atoms with Crippen molar-refractivity contribution < 1.29 is 9.32 Å². The fourth-order valence-electron chi connectivity index (χ4n) is 2.52. The lowest BCUT2D eigenvalue weighted by Crippen LogP contribution is -2.55. The lowest BCUT2D eigenvalue weighted by molar-refractivity contribution is -0.127. The van der Waals surface area contributed by atoms with E-state index in [1.165, 1.54) is 0 Å². The number of hydrogen-bond donors (Lipinski definition) is 2. The fraction of sp³-hybridized carbons (Fsp3) is 0.714. The molecule has 0 radical (unpaired) electrons. The number of rotatable bonds is 6. The van der Waals surface area contributed by atoms with E-state index in [0.717, 1.165) is 37.9 Å². The number of hydrogen-bond acceptors (Lipinski definition) is 4. The number of nitrogens with zero attached hydrogens (tertiary/aromatic N) is 1. The quantitative estimate of drug-likeness (QED) is 0.823. The molecule has 5 nitrogen and oxygen atoms in total. The van der Waals surface area contributed by atoms with Gasteiger partial charge in [-0.15, -0.1) is 0 Å².